The minimum absolute atomic E-state index is 0.138. The smallest absolute Gasteiger partial charge is 0.254 e. The number of hydrogen-bond acceptors (Lipinski definition) is 4. The van der Waals surface area contributed by atoms with E-state index in [1.54, 1.807) is 0 Å². The summed E-state index contributed by atoms with van der Waals surface area (Å²) in [7, 11) is 0. The van der Waals surface area contributed by atoms with Gasteiger partial charge in [-0.25, -0.2) is 4.98 Å². The lowest BCUT2D eigenvalue weighted by molar-refractivity contribution is 0.0716. The molecule has 0 aromatic carbocycles. The molecule has 5 heteroatoms. The molecule has 1 saturated heterocycles. The summed E-state index contributed by atoms with van der Waals surface area (Å²) < 4.78 is 0. The molecular formula is C16H25N3OS. The SMILES string of the molecule is CCCNc1cc(C(=O)N2CCSCC2C)cc(CC)n1. The van der Waals surface area contributed by atoms with Crippen LogP contribution in [0.2, 0.25) is 0 Å². The first kappa shape index (κ1) is 16.1. The molecule has 1 unspecified atom stereocenters. The quantitative estimate of drug-likeness (QED) is 0.908. The summed E-state index contributed by atoms with van der Waals surface area (Å²) in [5.74, 6) is 3.01. The molecule has 116 valence electrons. The molecule has 1 fully saturated rings. The van der Waals surface area contributed by atoms with E-state index in [1.165, 1.54) is 0 Å². The molecule has 1 aromatic heterocycles. The summed E-state index contributed by atoms with van der Waals surface area (Å²) in [4.78, 5) is 19.3. The maximum absolute atomic E-state index is 12.8. The molecule has 0 bridgehead atoms. The molecule has 0 aliphatic carbocycles. The Bertz CT molecular complexity index is 492. The number of aromatic nitrogens is 1. The zero-order chi connectivity index (χ0) is 15.2. The fourth-order valence-corrected chi connectivity index (χ4v) is 3.44. The predicted octanol–water partition coefficient (Wildman–Crippen LogP) is 3.04. The summed E-state index contributed by atoms with van der Waals surface area (Å²) in [5, 5.41) is 3.29. The van der Waals surface area contributed by atoms with Crippen molar-refractivity contribution in [3.8, 4) is 0 Å². The van der Waals surface area contributed by atoms with Crippen molar-refractivity contribution < 1.29 is 4.79 Å². The van der Waals surface area contributed by atoms with E-state index >= 15 is 0 Å². The van der Waals surface area contributed by atoms with Crippen molar-refractivity contribution in [3.05, 3.63) is 23.4 Å². The van der Waals surface area contributed by atoms with Crippen LogP contribution >= 0.6 is 11.8 Å². The van der Waals surface area contributed by atoms with E-state index in [0.29, 0.717) is 6.04 Å². The second-order valence-corrected chi connectivity index (χ2v) is 6.59. The Morgan fingerprint density at radius 2 is 2.29 bits per heavy atom. The third kappa shape index (κ3) is 4.13. The molecule has 0 spiro atoms. The number of anilines is 1. The highest BCUT2D eigenvalue weighted by Gasteiger charge is 2.25. The van der Waals surface area contributed by atoms with Gasteiger partial charge in [0, 0.05) is 41.9 Å². The summed E-state index contributed by atoms with van der Waals surface area (Å²) >= 11 is 1.92. The first-order valence-electron chi connectivity index (χ1n) is 7.79. The van der Waals surface area contributed by atoms with Crippen molar-refractivity contribution in [2.24, 2.45) is 0 Å². The molecule has 4 nitrogen and oxygen atoms in total. The van der Waals surface area contributed by atoms with Crippen LogP contribution in [-0.4, -0.2) is 46.4 Å². The molecule has 1 N–H and O–H groups in total. The van der Waals surface area contributed by atoms with E-state index in [4.69, 9.17) is 0 Å². The molecule has 1 aliphatic heterocycles. The van der Waals surface area contributed by atoms with Gasteiger partial charge in [-0.2, -0.15) is 11.8 Å². The van der Waals surface area contributed by atoms with Crippen LogP contribution in [0, 0.1) is 0 Å². The Morgan fingerprint density at radius 3 is 2.95 bits per heavy atom. The third-order valence-corrected chi connectivity index (χ3v) is 4.86. The Labute approximate surface area is 131 Å². The van der Waals surface area contributed by atoms with Crippen molar-refractivity contribution in [1.82, 2.24) is 9.88 Å². The van der Waals surface area contributed by atoms with Gasteiger partial charge in [0.15, 0.2) is 0 Å². The van der Waals surface area contributed by atoms with E-state index in [9.17, 15) is 4.79 Å². The van der Waals surface area contributed by atoms with Gasteiger partial charge in [-0.3, -0.25) is 4.79 Å². The number of carbonyl (C=O) groups excluding carboxylic acids is 1. The lowest BCUT2D eigenvalue weighted by atomic mass is 10.1. The number of rotatable bonds is 5. The number of thioether (sulfide) groups is 1. The summed E-state index contributed by atoms with van der Waals surface area (Å²) in [6.45, 7) is 8.04. The molecule has 2 heterocycles. The minimum Gasteiger partial charge on any atom is -0.370 e. The van der Waals surface area contributed by atoms with Crippen molar-refractivity contribution in [2.75, 3.05) is 29.9 Å². The van der Waals surface area contributed by atoms with Crippen LogP contribution in [0.3, 0.4) is 0 Å². The number of carbonyl (C=O) groups is 1. The van der Waals surface area contributed by atoms with Gasteiger partial charge >= 0.3 is 0 Å². The Kier molecular flexibility index (Phi) is 5.91. The molecule has 1 atom stereocenters. The molecule has 21 heavy (non-hydrogen) atoms. The number of nitrogens with one attached hydrogen (secondary N) is 1. The van der Waals surface area contributed by atoms with Crippen molar-refractivity contribution in [1.29, 1.82) is 0 Å². The summed E-state index contributed by atoms with van der Waals surface area (Å²) in [6.07, 6.45) is 1.88. The second-order valence-electron chi connectivity index (χ2n) is 5.44. The highest BCUT2D eigenvalue weighted by Crippen LogP contribution is 2.20. The Balaban J connectivity index is 2.22. The maximum atomic E-state index is 12.8. The summed E-state index contributed by atoms with van der Waals surface area (Å²) in [6, 6.07) is 4.14. The van der Waals surface area contributed by atoms with Gasteiger partial charge in [0.1, 0.15) is 5.82 Å². The monoisotopic (exact) mass is 307 g/mol. The minimum atomic E-state index is 0.138. The van der Waals surface area contributed by atoms with Gasteiger partial charge < -0.3 is 10.2 Å². The molecule has 2 rings (SSSR count). The maximum Gasteiger partial charge on any atom is 0.254 e. The fourth-order valence-electron chi connectivity index (χ4n) is 2.43. The standard InChI is InChI=1S/C16H25N3OS/c1-4-6-17-15-10-13(9-14(5-2)18-15)16(20)19-7-8-21-11-12(19)3/h9-10,12H,4-8,11H2,1-3H3,(H,17,18). The largest absolute Gasteiger partial charge is 0.370 e. The van der Waals surface area contributed by atoms with E-state index in [1.807, 2.05) is 28.8 Å². The van der Waals surface area contributed by atoms with Crippen LogP contribution in [0.5, 0.6) is 0 Å². The van der Waals surface area contributed by atoms with Crippen molar-refractivity contribution >= 4 is 23.5 Å². The topological polar surface area (TPSA) is 45.2 Å². The van der Waals surface area contributed by atoms with Crippen LogP contribution < -0.4 is 5.32 Å². The number of pyridine rings is 1. The normalized spacial score (nSPS) is 18.6. The third-order valence-electron chi connectivity index (χ3n) is 3.67. The van der Waals surface area contributed by atoms with Crippen LogP contribution in [-0.2, 0) is 6.42 Å². The van der Waals surface area contributed by atoms with Crippen LogP contribution in [0.4, 0.5) is 5.82 Å². The van der Waals surface area contributed by atoms with Crippen LogP contribution in [0.25, 0.3) is 0 Å². The van der Waals surface area contributed by atoms with E-state index in [-0.39, 0.29) is 5.91 Å². The van der Waals surface area contributed by atoms with E-state index in [0.717, 1.165) is 54.5 Å². The predicted molar refractivity (Wildman–Crippen MR) is 90.2 cm³/mol. The second kappa shape index (κ2) is 7.69. The number of nitrogens with zero attached hydrogens (tertiary/aromatic N) is 2. The van der Waals surface area contributed by atoms with Crippen LogP contribution in [0.1, 0.15) is 43.2 Å². The van der Waals surface area contributed by atoms with Gasteiger partial charge in [0.2, 0.25) is 0 Å². The highest BCUT2D eigenvalue weighted by molar-refractivity contribution is 7.99. The lowest BCUT2D eigenvalue weighted by Crippen LogP contribution is -2.44. The summed E-state index contributed by atoms with van der Waals surface area (Å²) in [5.41, 5.74) is 1.73. The van der Waals surface area contributed by atoms with Crippen molar-refractivity contribution in [2.45, 2.75) is 39.7 Å². The van der Waals surface area contributed by atoms with Gasteiger partial charge in [-0.15, -0.1) is 0 Å². The molecule has 0 radical (unpaired) electrons. The van der Waals surface area contributed by atoms with E-state index < -0.39 is 0 Å². The van der Waals surface area contributed by atoms with Gasteiger partial charge in [0.25, 0.3) is 5.91 Å². The van der Waals surface area contributed by atoms with Crippen LogP contribution in [0.15, 0.2) is 12.1 Å². The first-order chi connectivity index (χ1) is 10.2. The molecular weight excluding hydrogens is 282 g/mol. The highest BCUT2D eigenvalue weighted by atomic mass is 32.2. The van der Waals surface area contributed by atoms with Gasteiger partial charge in [-0.1, -0.05) is 13.8 Å². The van der Waals surface area contributed by atoms with Gasteiger partial charge in [-0.05, 0) is 31.9 Å². The zero-order valence-electron chi connectivity index (χ0n) is 13.2. The number of amides is 1. The lowest BCUT2D eigenvalue weighted by Gasteiger charge is -2.33. The molecule has 1 aliphatic rings. The zero-order valence-corrected chi connectivity index (χ0v) is 14.0. The molecule has 0 saturated carbocycles. The van der Waals surface area contributed by atoms with Gasteiger partial charge in [0.05, 0.1) is 0 Å². The average molecular weight is 307 g/mol. The molecule has 1 amide bonds. The molecule has 1 aromatic rings. The average Bonchev–Trinajstić information content (AvgIpc) is 2.52. The van der Waals surface area contributed by atoms with E-state index in [2.05, 4.69) is 31.1 Å². The Morgan fingerprint density at radius 1 is 1.48 bits per heavy atom. The number of hydrogen-bond donors (Lipinski definition) is 1. The fraction of sp³-hybridized carbons (Fsp3) is 0.625. The number of aryl methyl sites for hydroxylation is 1. The first-order valence-corrected chi connectivity index (χ1v) is 8.94. The van der Waals surface area contributed by atoms with Crippen molar-refractivity contribution in [3.63, 3.8) is 0 Å². The Hall–Kier alpha value is -1.23.